The Hall–Kier alpha value is -3.09. The molecule has 27 heavy (non-hydrogen) atoms. The first-order chi connectivity index (χ1) is 13.1. The van der Waals surface area contributed by atoms with Crippen LogP contribution in [0.15, 0.2) is 30.5 Å². The average Bonchev–Trinajstić information content (AvgIpc) is 3.22. The lowest BCUT2D eigenvalue weighted by atomic mass is 9.78. The van der Waals surface area contributed by atoms with Crippen LogP contribution in [0.3, 0.4) is 0 Å². The number of aromatic amines is 1. The van der Waals surface area contributed by atoms with Gasteiger partial charge in [-0.3, -0.25) is 9.59 Å². The first-order valence-electron chi connectivity index (χ1n) is 9.32. The lowest BCUT2D eigenvalue weighted by molar-refractivity contribution is -0.128. The second-order valence-corrected chi connectivity index (χ2v) is 7.59. The van der Waals surface area contributed by atoms with E-state index in [1.54, 1.807) is 6.20 Å². The van der Waals surface area contributed by atoms with Crippen molar-refractivity contribution in [2.24, 2.45) is 11.1 Å². The van der Waals surface area contributed by atoms with Crippen LogP contribution in [0.5, 0.6) is 0 Å². The summed E-state index contributed by atoms with van der Waals surface area (Å²) in [5, 5.41) is 4.89. The molecule has 1 aromatic carbocycles. The van der Waals surface area contributed by atoms with E-state index in [2.05, 4.69) is 20.2 Å². The molecule has 2 saturated heterocycles. The normalized spacial score (nSPS) is 22.7. The number of carbonyl (C=O) groups excluding carboxylic acids is 2. The number of nitrogens with zero attached hydrogens (tertiary/aromatic N) is 2. The van der Waals surface area contributed by atoms with Crippen molar-refractivity contribution >= 4 is 39.4 Å². The highest BCUT2D eigenvalue weighted by Gasteiger charge is 2.45. The summed E-state index contributed by atoms with van der Waals surface area (Å²) < 4.78 is 0. The highest BCUT2D eigenvalue weighted by molar-refractivity contribution is 6.18. The lowest BCUT2D eigenvalue weighted by Crippen LogP contribution is -2.47. The number of nitrogens with two attached hydrogens (primary N) is 1. The Morgan fingerprint density at radius 3 is 2.89 bits per heavy atom. The molecule has 138 valence electrons. The highest BCUT2D eigenvalue weighted by Crippen LogP contribution is 2.41. The molecular formula is C20H21N5O2. The maximum absolute atomic E-state index is 12.5. The Labute approximate surface area is 155 Å². The van der Waals surface area contributed by atoms with E-state index in [0.29, 0.717) is 17.6 Å². The fourth-order valence-electron chi connectivity index (χ4n) is 4.68. The van der Waals surface area contributed by atoms with Gasteiger partial charge in [0.2, 0.25) is 5.91 Å². The summed E-state index contributed by atoms with van der Waals surface area (Å²) in [7, 11) is 0. The number of nitrogens with one attached hydrogen (secondary N) is 2. The molecule has 1 atom stereocenters. The third-order valence-corrected chi connectivity index (χ3v) is 6.03. The number of rotatable bonds is 2. The molecule has 0 bridgehead atoms. The van der Waals surface area contributed by atoms with Crippen LogP contribution in [0, 0.1) is 5.41 Å². The van der Waals surface area contributed by atoms with Gasteiger partial charge in [0.1, 0.15) is 5.82 Å². The number of para-hydroxylation sites is 1. The van der Waals surface area contributed by atoms with Gasteiger partial charge in [-0.05, 0) is 25.3 Å². The fraction of sp³-hybridized carbons (Fsp3) is 0.350. The van der Waals surface area contributed by atoms with Crippen molar-refractivity contribution < 1.29 is 9.59 Å². The maximum Gasteiger partial charge on any atom is 0.252 e. The Bertz CT molecular complexity index is 1090. The second kappa shape index (κ2) is 5.70. The van der Waals surface area contributed by atoms with Gasteiger partial charge in [0, 0.05) is 36.7 Å². The molecule has 2 fully saturated rings. The number of carbonyl (C=O) groups is 2. The smallest absolute Gasteiger partial charge is 0.252 e. The summed E-state index contributed by atoms with van der Waals surface area (Å²) in [6, 6.07) is 7.92. The van der Waals surface area contributed by atoms with Crippen LogP contribution < -0.4 is 16.0 Å². The van der Waals surface area contributed by atoms with Gasteiger partial charge in [0.05, 0.1) is 21.9 Å². The average molecular weight is 363 g/mol. The summed E-state index contributed by atoms with van der Waals surface area (Å²) >= 11 is 0. The van der Waals surface area contributed by atoms with Gasteiger partial charge in [-0.1, -0.05) is 18.2 Å². The molecule has 7 nitrogen and oxygen atoms in total. The SMILES string of the molecule is NC(=O)c1cnc(N2CCCC3(CCNC3=O)C2)c2c1[nH]c1ccccc12. The molecule has 2 amide bonds. The van der Waals surface area contributed by atoms with E-state index in [1.165, 1.54) is 0 Å². The number of H-pyrrole nitrogens is 1. The monoisotopic (exact) mass is 363 g/mol. The Balaban J connectivity index is 1.70. The summed E-state index contributed by atoms with van der Waals surface area (Å²) in [4.78, 5) is 34.5. The van der Waals surface area contributed by atoms with E-state index < -0.39 is 5.91 Å². The van der Waals surface area contributed by atoms with Crippen molar-refractivity contribution in [3.63, 3.8) is 0 Å². The van der Waals surface area contributed by atoms with E-state index in [4.69, 9.17) is 5.73 Å². The summed E-state index contributed by atoms with van der Waals surface area (Å²) in [5.41, 5.74) is 7.28. The number of primary amides is 1. The van der Waals surface area contributed by atoms with Crippen LogP contribution in [0.25, 0.3) is 21.8 Å². The highest BCUT2D eigenvalue weighted by atomic mass is 16.2. The van der Waals surface area contributed by atoms with Crippen molar-refractivity contribution in [3.05, 3.63) is 36.0 Å². The van der Waals surface area contributed by atoms with Crippen molar-refractivity contribution in [2.45, 2.75) is 19.3 Å². The predicted octanol–water partition coefficient (Wildman–Crippen LogP) is 1.92. The number of pyridine rings is 1. The molecule has 7 heteroatoms. The number of amides is 2. The maximum atomic E-state index is 12.5. The van der Waals surface area contributed by atoms with Crippen molar-refractivity contribution in [3.8, 4) is 0 Å². The van der Waals surface area contributed by atoms with Gasteiger partial charge in [-0.25, -0.2) is 4.98 Å². The minimum Gasteiger partial charge on any atom is -0.365 e. The van der Waals surface area contributed by atoms with Crippen LogP contribution in [0.1, 0.15) is 29.6 Å². The zero-order chi connectivity index (χ0) is 18.6. The quantitative estimate of drug-likeness (QED) is 0.647. The topological polar surface area (TPSA) is 104 Å². The Morgan fingerprint density at radius 2 is 2.11 bits per heavy atom. The van der Waals surface area contributed by atoms with E-state index >= 15 is 0 Å². The molecule has 5 rings (SSSR count). The zero-order valence-corrected chi connectivity index (χ0v) is 14.9. The van der Waals surface area contributed by atoms with E-state index in [-0.39, 0.29) is 11.3 Å². The molecule has 2 aliphatic heterocycles. The molecule has 0 aliphatic carbocycles. The fourth-order valence-corrected chi connectivity index (χ4v) is 4.68. The molecule has 2 aliphatic rings. The van der Waals surface area contributed by atoms with Crippen molar-refractivity contribution in [1.82, 2.24) is 15.3 Å². The number of fused-ring (bicyclic) bond motifs is 3. The molecule has 4 N–H and O–H groups in total. The van der Waals surface area contributed by atoms with Crippen LogP contribution >= 0.6 is 0 Å². The molecule has 1 spiro atoms. The van der Waals surface area contributed by atoms with Crippen molar-refractivity contribution in [2.75, 3.05) is 24.5 Å². The van der Waals surface area contributed by atoms with Gasteiger partial charge in [0.15, 0.2) is 0 Å². The minimum atomic E-state index is -0.504. The summed E-state index contributed by atoms with van der Waals surface area (Å²) in [6.07, 6.45) is 4.26. The first-order valence-corrected chi connectivity index (χ1v) is 9.32. The first kappa shape index (κ1) is 16.1. The Kier molecular flexibility index (Phi) is 3.40. The number of benzene rings is 1. The van der Waals surface area contributed by atoms with Crippen molar-refractivity contribution in [1.29, 1.82) is 0 Å². The predicted molar refractivity (Wildman–Crippen MR) is 104 cm³/mol. The molecule has 0 saturated carbocycles. The third-order valence-electron chi connectivity index (χ3n) is 6.03. The Morgan fingerprint density at radius 1 is 1.26 bits per heavy atom. The van der Waals surface area contributed by atoms with E-state index in [0.717, 1.165) is 54.5 Å². The number of anilines is 1. The second-order valence-electron chi connectivity index (χ2n) is 7.59. The molecule has 4 heterocycles. The lowest BCUT2D eigenvalue weighted by Gasteiger charge is -2.39. The third kappa shape index (κ3) is 2.31. The summed E-state index contributed by atoms with van der Waals surface area (Å²) in [5.74, 6) is 0.457. The van der Waals surface area contributed by atoms with Gasteiger partial charge >= 0.3 is 0 Å². The van der Waals surface area contributed by atoms with Gasteiger partial charge in [-0.2, -0.15) is 0 Å². The van der Waals surface area contributed by atoms with Crippen LogP contribution in [-0.2, 0) is 4.79 Å². The number of aromatic nitrogens is 2. The number of hydrogen-bond donors (Lipinski definition) is 3. The van der Waals surface area contributed by atoms with Crippen LogP contribution in [0.2, 0.25) is 0 Å². The number of hydrogen-bond acceptors (Lipinski definition) is 4. The van der Waals surface area contributed by atoms with Gasteiger partial charge in [0.25, 0.3) is 5.91 Å². The van der Waals surface area contributed by atoms with Crippen LogP contribution in [-0.4, -0.2) is 41.4 Å². The molecule has 0 radical (unpaired) electrons. The van der Waals surface area contributed by atoms with Gasteiger partial charge in [-0.15, -0.1) is 0 Å². The summed E-state index contributed by atoms with van der Waals surface area (Å²) in [6.45, 7) is 2.23. The van der Waals surface area contributed by atoms with E-state index in [9.17, 15) is 9.59 Å². The minimum absolute atomic E-state index is 0.149. The molecular weight excluding hydrogens is 342 g/mol. The molecule has 2 aromatic heterocycles. The van der Waals surface area contributed by atoms with Crippen LogP contribution in [0.4, 0.5) is 5.82 Å². The van der Waals surface area contributed by atoms with E-state index in [1.807, 2.05) is 24.3 Å². The molecule has 3 aromatic rings. The zero-order valence-electron chi connectivity index (χ0n) is 14.9. The standard InChI is InChI=1S/C20H21N5O2/c21-17(26)13-10-23-18(15-12-4-1-2-5-14(12)24-16(13)15)25-9-3-6-20(11-25)7-8-22-19(20)27/h1-2,4-5,10,24H,3,6-9,11H2,(H2,21,26)(H,22,27). The molecule has 1 unspecified atom stereocenters. The largest absolute Gasteiger partial charge is 0.365 e. The van der Waals surface area contributed by atoms with Gasteiger partial charge < -0.3 is 20.9 Å². The number of piperidine rings is 1.